The molecule has 0 spiro atoms. The molecule has 0 fully saturated rings. The van der Waals surface area contributed by atoms with E-state index >= 15 is 0 Å². The fourth-order valence-corrected chi connectivity index (χ4v) is 1.32. The molecular formula is C11H15N3O4. The summed E-state index contributed by atoms with van der Waals surface area (Å²) in [6.07, 6.45) is 0.851. The predicted octanol–water partition coefficient (Wildman–Crippen LogP) is 0.354. The molecular weight excluding hydrogens is 238 g/mol. The number of amides is 1. The van der Waals surface area contributed by atoms with Crippen LogP contribution in [0.1, 0.15) is 23.2 Å². The molecule has 0 unspecified atom stereocenters. The van der Waals surface area contributed by atoms with Crippen molar-refractivity contribution in [3.63, 3.8) is 0 Å². The average Bonchev–Trinajstić information content (AvgIpc) is 2.36. The van der Waals surface area contributed by atoms with Gasteiger partial charge in [-0.3, -0.25) is 4.79 Å². The van der Waals surface area contributed by atoms with E-state index in [9.17, 15) is 15.0 Å². The van der Waals surface area contributed by atoms with Gasteiger partial charge in [0.2, 0.25) is 0 Å². The van der Waals surface area contributed by atoms with Gasteiger partial charge in [-0.1, -0.05) is 5.16 Å². The highest BCUT2D eigenvalue weighted by atomic mass is 16.4. The smallest absolute Gasteiger partial charge is 0.255 e. The number of nitrogens with zero attached hydrogens (tertiary/aromatic N) is 1. The number of nitrogens with one attached hydrogen (secondary N) is 1. The molecule has 0 saturated carbocycles. The number of rotatable bonds is 5. The third-order valence-electron chi connectivity index (χ3n) is 2.25. The molecule has 1 amide bonds. The number of nitrogens with two attached hydrogens (primary N) is 1. The van der Waals surface area contributed by atoms with E-state index in [2.05, 4.69) is 10.5 Å². The Balaban J connectivity index is 2.48. The monoisotopic (exact) mass is 253 g/mol. The van der Waals surface area contributed by atoms with Gasteiger partial charge in [0.05, 0.1) is 5.56 Å². The van der Waals surface area contributed by atoms with Crippen molar-refractivity contribution < 1.29 is 20.2 Å². The van der Waals surface area contributed by atoms with Gasteiger partial charge >= 0.3 is 0 Å². The number of benzene rings is 1. The summed E-state index contributed by atoms with van der Waals surface area (Å²) >= 11 is 0. The first-order valence-corrected chi connectivity index (χ1v) is 5.31. The van der Waals surface area contributed by atoms with Gasteiger partial charge in [0.15, 0.2) is 0 Å². The van der Waals surface area contributed by atoms with Crippen LogP contribution in [-0.4, -0.2) is 33.7 Å². The number of carbonyl (C=O) groups excluding carboxylic acids is 1. The van der Waals surface area contributed by atoms with Crippen LogP contribution in [0.25, 0.3) is 0 Å². The zero-order valence-corrected chi connectivity index (χ0v) is 9.63. The first kappa shape index (κ1) is 13.6. The minimum atomic E-state index is -0.497. The molecule has 18 heavy (non-hydrogen) atoms. The number of aromatic hydroxyl groups is 2. The maximum absolute atomic E-state index is 11.6. The topological polar surface area (TPSA) is 128 Å². The van der Waals surface area contributed by atoms with Gasteiger partial charge in [0.25, 0.3) is 5.91 Å². The quantitative estimate of drug-likeness (QED) is 0.129. The van der Waals surface area contributed by atoms with Crippen LogP contribution in [0, 0.1) is 0 Å². The number of phenolic OH excluding ortho intramolecular Hbond substituents is 2. The zero-order valence-electron chi connectivity index (χ0n) is 9.63. The van der Waals surface area contributed by atoms with Crippen LogP contribution in [0.3, 0.4) is 0 Å². The Hall–Kier alpha value is -2.44. The van der Waals surface area contributed by atoms with Crippen molar-refractivity contribution in [3.8, 4) is 11.5 Å². The van der Waals surface area contributed by atoms with Crippen molar-refractivity contribution >= 4 is 11.7 Å². The summed E-state index contributed by atoms with van der Waals surface area (Å²) in [5.74, 6) is -0.719. The van der Waals surface area contributed by atoms with Crippen LogP contribution in [0.2, 0.25) is 0 Å². The summed E-state index contributed by atoms with van der Waals surface area (Å²) in [7, 11) is 0. The van der Waals surface area contributed by atoms with Gasteiger partial charge in [0.1, 0.15) is 17.3 Å². The predicted molar refractivity (Wildman–Crippen MR) is 64.7 cm³/mol. The molecule has 1 rings (SSSR count). The molecule has 1 aromatic rings. The molecule has 0 aliphatic heterocycles. The van der Waals surface area contributed by atoms with E-state index < -0.39 is 5.91 Å². The standard InChI is InChI=1S/C11H15N3O4/c12-10(14-18)2-1-5-13-11(17)8-6-7(15)3-4-9(8)16/h3-4,6,15-16,18H,1-2,5H2,(H2,12,14)(H,13,17). The lowest BCUT2D eigenvalue weighted by atomic mass is 10.1. The highest BCUT2D eigenvalue weighted by Crippen LogP contribution is 2.21. The van der Waals surface area contributed by atoms with Crippen LogP contribution >= 0.6 is 0 Å². The molecule has 0 aromatic heterocycles. The second-order valence-corrected chi connectivity index (χ2v) is 3.65. The molecule has 0 atom stereocenters. The van der Waals surface area contributed by atoms with E-state index in [0.29, 0.717) is 19.4 Å². The number of hydrogen-bond donors (Lipinski definition) is 5. The van der Waals surface area contributed by atoms with Gasteiger partial charge < -0.3 is 26.5 Å². The maximum Gasteiger partial charge on any atom is 0.255 e. The number of carbonyl (C=O) groups is 1. The molecule has 0 aliphatic rings. The molecule has 98 valence electrons. The molecule has 7 heteroatoms. The lowest BCUT2D eigenvalue weighted by Crippen LogP contribution is -2.25. The van der Waals surface area contributed by atoms with Crippen LogP contribution < -0.4 is 11.1 Å². The maximum atomic E-state index is 11.6. The Morgan fingerprint density at radius 2 is 2.11 bits per heavy atom. The van der Waals surface area contributed by atoms with Gasteiger partial charge in [0, 0.05) is 13.0 Å². The van der Waals surface area contributed by atoms with E-state index in [-0.39, 0.29) is 22.9 Å². The summed E-state index contributed by atoms with van der Waals surface area (Å²) in [4.78, 5) is 11.6. The zero-order chi connectivity index (χ0) is 13.5. The largest absolute Gasteiger partial charge is 0.508 e. The molecule has 6 N–H and O–H groups in total. The Morgan fingerprint density at radius 1 is 1.39 bits per heavy atom. The Labute approximate surface area is 104 Å². The second kappa shape index (κ2) is 6.33. The minimum Gasteiger partial charge on any atom is -0.508 e. The molecule has 0 bridgehead atoms. The highest BCUT2D eigenvalue weighted by Gasteiger charge is 2.11. The molecule has 7 nitrogen and oxygen atoms in total. The number of amidine groups is 1. The first-order chi connectivity index (χ1) is 8.54. The van der Waals surface area contributed by atoms with Crippen molar-refractivity contribution in [2.75, 3.05) is 6.54 Å². The van der Waals surface area contributed by atoms with Gasteiger partial charge in [-0.2, -0.15) is 0 Å². The van der Waals surface area contributed by atoms with E-state index in [1.165, 1.54) is 18.2 Å². The fourth-order valence-electron chi connectivity index (χ4n) is 1.32. The molecule has 0 radical (unpaired) electrons. The first-order valence-electron chi connectivity index (χ1n) is 5.31. The van der Waals surface area contributed by atoms with Crippen molar-refractivity contribution in [2.24, 2.45) is 10.9 Å². The van der Waals surface area contributed by atoms with Crippen molar-refractivity contribution in [1.82, 2.24) is 5.32 Å². The van der Waals surface area contributed by atoms with Crippen molar-refractivity contribution in [2.45, 2.75) is 12.8 Å². The van der Waals surface area contributed by atoms with Crippen molar-refractivity contribution in [3.05, 3.63) is 23.8 Å². The number of oxime groups is 1. The summed E-state index contributed by atoms with van der Waals surface area (Å²) in [6, 6.07) is 3.69. The summed E-state index contributed by atoms with van der Waals surface area (Å²) in [6.45, 7) is 0.310. The number of hydrogen-bond acceptors (Lipinski definition) is 5. The Kier molecular flexibility index (Phi) is 4.79. The molecule has 0 heterocycles. The van der Waals surface area contributed by atoms with Gasteiger partial charge in [-0.05, 0) is 24.6 Å². The summed E-state index contributed by atoms with van der Waals surface area (Å²) in [5, 5.41) is 32.3. The van der Waals surface area contributed by atoms with Crippen LogP contribution in [0.15, 0.2) is 23.4 Å². The average molecular weight is 253 g/mol. The molecule has 0 aliphatic carbocycles. The van der Waals surface area contributed by atoms with Crippen LogP contribution in [0.4, 0.5) is 0 Å². The van der Waals surface area contributed by atoms with E-state index in [4.69, 9.17) is 10.9 Å². The SMILES string of the molecule is N/C(CCCNC(=O)c1cc(O)ccc1O)=N/O. The highest BCUT2D eigenvalue weighted by molar-refractivity contribution is 5.97. The van der Waals surface area contributed by atoms with E-state index in [1.54, 1.807) is 0 Å². The lowest BCUT2D eigenvalue weighted by Gasteiger charge is -2.06. The van der Waals surface area contributed by atoms with Crippen molar-refractivity contribution in [1.29, 1.82) is 0 Å². The minimum absolute atomic E-state index is 0.00111. The van der Waals surface area contributed by atoms with Gasteiger partial charge in [-0.15, -0.1) is 0 Å². The molecule has 0 saturated heterocycles. The normalized spacial score (nSPS) is 11.2. The third-order valence-corrected chi connectivity index (χ3v) is 2.25. The Morgan fingerprint density at radius 3 is 2.78 bits per heavy atom. The van der Waals surface area contributed by atoms with Crippen LogP contribution in [0.5, 0.6) is 11.5 Å². The summed E-state index contributed by atoms with van der Waals surface area (Å²) in [5.41, 5.74) is 5.26. The van der Waals surface area contributed by atoms with E-state index in [0.717, 1.165) is 0 Å². The summed E-state index contributed by atoms with van der Waals surface area (Å²) < 4.78 is 0. The third kappa shape index (κ3) is 3.85. The number of phenols is 2. The fraction of sp³-hybridized carbons (Fsp3) is 0.273. The van der Waals surface area contributed by atoms with Gasteiger partial charge in [-0.25, -0.2) is 0 Å². The Bertz CT molecular complexity index is 460. The van der Waals surface area contributed by atoms with Crippen LogP contribution in [-0.2, 0) is 0 Å². The van der Waals surface area contributed by atoms with E-state index in [1.807, 2.05) is 0 Å². The molecule has 1 aromatic carbocycles. The second-order valence-electron chi connectivity index (χ2n) is 3.65. The lowest BCUT2D eigenvalue weighted by molar-refractivity contribution is 0.0950.